The lowest BCUT2D eigenvalue weighted by molar-refractivity contribution is 0.00162. The largest absolute Gasteiger partial charge is 0.444 e. The van der Waals surface area contributed by atoms with Crippen LogP contribution in [0.25, 0.3) is 0 Å². The van der Waals surface area contributed by atoms with Crippen molar-refractivity contribution in [3.05, 3.63) is 35.9 Å². The molecule has 0 saturated carbocycles. The van der Waals surface area contributed by atoms with Crippen molar-refractivity contribution in [3.8, 4) is 0 Å². The van der Waals surface area contributed by atoms with E-state index in [1.54, 1.807) is 34.1 Å². The lowest BCUT2D eigenvalue weighted by Gasteiger charge is -2.44. The minimum atomic E-state index is -0.563. The standard InChI is InChI=1S/C19H27N3O4S/c1-13-11-21(18(25)26-19(3,4)5)12-14(2)22(13)17(24)20-27-16(23)15-9-7-6-8-10-15/h6-10,13-14H,11-12H2,1-5H3,(H,20,24). The highest BCUT2D eigenvalue weighted by molar-refractivity contribution is 8.12. The number of rotatable bonds is 1. The molecule has 27 heavy (non-hydrogen) atoms. The van der Waals surface area contributed by atoms with E-state index in [0.717, 1.165) is 11.9 Å². The summed E-state index contributed by atoms with van der Waals surface area (Å²) in [5.74, 6) is 0. The van der Waals surface area contributed by atoms with E-state index in [4.69, 9.17) is 4.74 Å². The number of nitrogens with zero attached hydrogens (tertiary/aromatic N) is 2. The van der Waals surface area contributed by atoms with Gasteiger partial charge in [0.05, 0.1) is 0 Å². The van der Waals surface area contributed by atoms with Crippen molar-refractivity contribution in [1.29, 1.82) is 0 Å². The fourth-order valence-electron chi connectivity index (χ4n) is 2.97. The number of amides is 3. The number of carbonyl (C=O) groups excluding carboxylic acids is 3. The van der Waals surface area contributed by atoms with Gasteiger partial charge in [0.15, 0.2) is 0 Å². The van der Waals surface area contributed by atoms with Crippen LogP contribution in [0.5, 0.6) is 0 Å². The van der Waals surface area contributed by atoms with Crippen molar-refractivity contribution < 1.29 is 19.1 Å². The Morgan fingerprint density at radius 3 is 2.15 bits per heavy atom. The second-order valence-electron chi connectivity index (χ2n) is 7.65. The van der Waals surface area contributed by atoms with Crippen molar-refractivity contribution in [3.63, 3.8) is 0 Å². The fraction of sp³-hybridized carbons (Fsp3) is 0.526. The molecule has 0 aliphatic carbocycles. The number of urea groups is 1. The molecule has 148 valence electrons. The molecular formula is C19H27N3O4S. The van der Waals surface area contributed by atoms with Gasteiger partial charge in [-0.05, 0) is 34.6 Å². The molecule has 1 heterocycles. The van der Waals surface area contributed by atoms with Gasteiger partial charge in [-0.15, -0.1) is 0 Å². The molecular weight excluding hydrogens is 366 g/mol. The van der Waals surface area contributed by atoms with Gasteiger partial charge in [-0.2, -0.15) is 0 Å². The smallest absolute Gasteiger partial charge is 0.410 e. The normalized spacial score (nSPS) is 20.2. The summed E-state index contributed by atoms with van der Waals surface area (Å²) >= 11 is 0.765. The van der Waals surface area contributed by atoms with Gasteiger partial charge in [0.25, 0.3) is 0 Å². The minimum absolute atomic E-state index is 0.200. The number of hydrogen-bond donors (Lipinski definition) is 1. The quantitative estimate of drug-likeness (QED) is 0.739. The van der Waals surface area contributed by atoms with Crippen LogP contribution >= 0.6 is 11.9 Å². The first-order valence-corrected chi connectivity index (χ1v) is 9.72. The second kappa shape index (κ2) is 8.65. The molecule has 0 radical (unpaired) electrons. The maximum atomic E-state index is 12.6. The number of benzene rings is 1. The predicted octanol–water partition coefficient (Wildman–Crippen LogP) is 3.51. The fourth-order valence-corrected chi connectivity index (χ4v) is 3.51. The van der Waals surface area contributed by atoms with Gasteiger partial charge < -0.3 is 14.5 Å². The zero-order valence-electron chi connectivity index (χ0n) is 16.4. The van der Waals surface area contributed by atoms with Gasteiger partial charge in [-0.1, -0.05) is 30.3 Å². The summed E-state index contributed by atoms with van der Waals surface area (Å²) in [6, 6.07) is 8.04. The SMILES string of the molecule is CC1CN(C(=O)OC(C)(C)C)CC(C)N1C(=O)NSC(=O)c1ccccc1. The second-order valence-corrected chi connectivity index (χ2v) is 8.43. The Morgan fingerprint density at radius 1 is 1.07 bits per heavy atom. The molecule has 1 N–H and O–H groups in total. The number of nitrogens with one attached hydrogen (secondary N) is 1. The van der Waals surface area contributed by atoms with Gasteiger partial charge in [-0.25, -0.2) is 9.59 Å². The summed E-state index contributed by atoms with van der Waals surface area (Å²) in [5.41, 5.74) is -0.0365. The number of hydrogen-bond acceptors (Lipinski definition) is 5. The summed E-state index contributed by atoms with van der Waals surface area (Å²) in [6.45, 7) is 9.97. The predicted molar refractivity (Wildman–Crippen MR) is 105 cm³/mol. The summed E-state index contributed by atoms with van der Waals surface area (Å²) in [6.07, 6.45) is -0.380. The zero-order valence-corrected chi connectivity index (χ0v) is 17.2. The molecule has 0 aromatic heterocycles. The molecule has 0 bridgehead atoms. The molecule has 2 unspecified atom stereocenters. The minimum Gasteiger partial charge on any atom is -0.444 e. The van der Waals surface area contributed by atoms with Crippen molar-refractivity contribution in [1.82, 2.24) is 14.5 Å². The third kappa shape index (κ3) is 5.89. The Kier molecular flexibility index (Phi) is 6.75. The molecule has 1 fully saturated rings. The van der Waals surface area contributed by atoms with Crippen LogP contribution < -0.4 is 4.72 Å². The maximum absolute atomic E-state index is 12.6. The molecule has 1 saturated heterocycles. The van der Waals surface area contributed by atoms with Crippen LogP contribution in [0.1, 0.15) is 45.0 Å². The van der Waals surface area contributed by atoms with E-state index in [2.05, 4.69) is 4.72 Å². The number of ether oxygens (including phenoxy) is 1. The molecule has 7 nitrogen and oxygen atoms in total. The molecule has 3 amide bonds. The molecule has 2 atom stereocenters. The van der Waals surface area contributed by atoms with Crippen LogP contribution in [0.3, 0.4) is 0 Å². The molecule has 1 aliphatic rings. The monoisotopic (exact) mass is 393 g/mol. The van der Waals surface area contributed by atoms with Crippen LogP contribution in [0.2, 0.25) is 0 Å². The Balaban J connectivity index is 1.92. The van der Waals surface area contributed by atoms with E-state index >= 15 is 0 Å². The van der Waals surface area contributed by atoms with Crippen molar-refractivity contribution in [2.45, 2.75) is 52.3 Å². The Bertz CT molecular complexity index is 678. The van der Waals surface area contributed by atoms with E-state index in [1.165, 1.54) is 0 Å². The van der Waals surface area contributed by atoms with Crippen LogP contribution in [0.4, 0.5) is 9.59 Å². The highest BCUT2D eigenvalue weighted by Crippen LogP contribution is 2.20. The lowest BCUT2D eigenvalue weighted by Crippen LogP contribution is -2.61. The summed E-state index contributed by atoms with van der Waals surface area (Å²) in [4.78, 5) is 40.3. The molecule has 0 spiro atoms. The highest BCUT2D eigenvalue weighted by atomic mass is 32.2. The number of piperazine rings is 1. The van der Waals surface area contributed by atoms with Crippen molar-refractivity contribution in [2.24, 2.45) is 0 Å². The van der Waals surface area contributed by atoms with E-state index in [9.17, 15) is 14.4 Å². The number of carbonyl (C=O) groups is 3. The summed E-state index contributed by atoms with van der Waals surface area (Å²) in [7, 11) is 0. The first kappa shape index (κ1) is 21.1. The molecule has 1 aliphatic heterocycles. The Labute approximate surface area is 164 Å². The van der Waals surface area contributed by atoms with Gasteiger partial charge in [0.1, 0.15) is 5.60 Å². The Morgan fingerprint density at radius 2 is 1.63 bits per heavy atom. The third-order valence-corrected chi connectivity index (χ3v) is 4.74. The topological polar surface area (TPSA) is 79.0 Å². The van der Waals surface area contributed by atoms with E-state index in [-0.39, 0.29) is 29.3 Å². The first-order chi connectivity index (χ1) is 12.6. The van der Waals surface area contributed by atoms with Gasteiger partial charge in [0, 0.05) is 42.7 Å². The van der Waals surface area contributed by atoms with Crippen molar-refractivity contribution >= 4 is 29.2 Å². The highest BCUT2D eigenvalue weighted by Gasteiger charge is 2.36. The molecule has 1 aromatic rings. The summed E-state index contributed by atoms with van der Waals surface area (Å²) < 4.78 is 8.03. The van der Waals surface area contributed by atoms with Crippen LogP contribution in [-0.2, 0) is 4.74 Å². The zero-order chi connectivity index (χ0) is 20.2. The van der Waals surface area contributed by atoms with Crippen LogP contribution in [0, 0.1) is 0 Å². The Hall–Kier alpha value is -2.22. The maximum Gasteiger partial charge on any atom is 0.410 e. The third-order valence-electron chi connectivity index (χ3n) is 4.05. The van der Waals surface area contributed by atoms with Gasteiger partial charge in [0.2, 0.25) is 5.12 Å². The van der Waals surface area contributed by atoms with Crippen molar-refractivity contribution in [2.75, 3.05) is 13.1 Å². The molecule has 1 aromatic carbocycles. The summed E-state index contributed by atoms with van der Waals surface area (Å²) in [5, 5.41) is -0.225. The molecule has 8 heteroatoms. The lowest BCUT2D eigenvalue weighted by atomic mass is 10.1. The van der Waals surface area contributed by atoms with Crippen LogP contribution in [-0.4, -0.2) is 57.8 Å². The van der Waals surface area contributed by atoms with Crippen LogP contribution in [0.15, 0.2) is 30.3 Å². The first-order valence-electron chi connectivity index (χ1n) is 8.91. The van der Waals surface area contributed by atoms with E-state index in [1.807, 2.05) is 40.7 Å². The molecule has 2 rings (SSSR count). The average Bonchev–Trinajstić information content (AvgIpc) is 2.58. The van der Waals surface area contributed by atoms with E-state index in [0.29, 0.717) is 18.7 Å². The van der Waals surface area contributed by atoms with E-state index < -0.39 is 5.60 Å². The average molecular weight is 394 g/mol. The van der Waals surface area contributed by atoms with Gasteiger partial charge in [-0.3, -0.25) is 9.52 Å². The van der Waals surface area contributed by atoms with Gasteiger partial charge >= 0.3 is 12.1 Å².